The van der Waals surface area contributed by atoms with Gasteiger partial charge in [-0.1, -0.05) is 29.8 Å². The fourth-order valence-corrected chi connectivity index (χ4v) is 2.14. The third-order valence-electron chi connectivity index (χ3n) is 3.30. The summed E-state index contributed by atoms with van der Waals surface area (Å²) in [5.74, 6) is -1.06. The van der Waals surface area contributed by atoms with Crippen molar-refractivity contribution < 1.29 is 19.4 Å². The Labute approximate surface area is 105 Å². The maximum atomic E-state index is 11.6. The molecule has 1 fully saturated rings. The van der Waals surface area contributed by atoms with Crippen LogP contribution in [0.2, 0.25) is 0 Å². The summed E-state index contributed by atoms with van der Waals surface area (Å²) in [6, 6.07) is 7.16. The summed E-state index contributed by atoms with van der Waals surface area (Å²) >= 11 is 0. The number of nitrogens with zero attached hydrogens (tertiary/aromatic N) is 1. The minimum atomic E-state index is -1.39. The molecule has 1 saturated heterocycles. The van der Waals surface area contributed by atoms with Gasteiger partial charge < -0.3 is 9.84 Å². The second-order valence-electron chi connectivity index (χ2n) is 4.51. The molecule has 1 aromatic carbocycles. The summed E-state index contributed by atoms with van der Waals surface area (Å²) in [6.45, 7) is 3.92. The summed E-state index contributed by atoms with van der Waals surface area (Å²) in [5, 5.41) is 9.51. The molecule has 1 unspecified atom stereocenters. The van der Waals surface area contributed by atoms with E-state index >= 15 is 0 Å². The highest BCUT2D eigenvalue weighted by atomic mass is 16.6. The molecule has 1 heterocycles. The lowest BCUT2D eigenvalue weighted by atomic mass is 9.89. The summed E-state index contributed by atoms with van der Waals surface area (Å²) in [6.07, 6.45) is -0.582. The van der Waals surface area contributed by atoms with Crippen LogP contribution in [-0.4, -0.2) is 35.2 Å². The Morgan fingerprint density at radius 3 is 2.72 bits per heavy atom. The van der Waals surface area contributed by atoms with E-state index in [-0.39, 0.29) is 13.2 Å². The summed E-state index contributed by atoms with van der Waals surface area (Å²) in [4.78, 5) is 24.5. The van der Waals surface area contributed by atoms with E-state index in [9.17, 15) is 14.7 Å². The van der Waals surface area contributed by atoms with Gasteiger partial charge in [0.2, 0.25) is 0 Å². The number of hydrogen-bond donors (Lipinski definition) is 1. The van der Waals surface area contributed by atoms with Crippen molar-refractivity contribution in [2.24, 2.45) is 0 Å². The Kier molecular flexibility index (Phi) is 2.98. The lowest BCUT2D eigenvalue weighted by Gasteiger charge is -2.33. The van der Waals surface area contributed by atoms with Crippen LogP contribution in [0.4, 0.5) is 4.79 Å². The molecule has 1 atom stereocenters. The standard InChI is InChI=1S/C13H15NO4/c1-9-4-3-5-10(8-9)13(2,11(15)16)14-6-7-18-12(14)17/h3-5,8H,6-7H2,1-2H3,(H,15,16). The maximum Gasteiger partial charge on any atom is 0.411 e. The molecule has 1 aromatic rings. The normalized spacial score (nSPS) is 18.3. The zero-order chi connectivity index (χ0) is 13.3. The molecule has 2 rings (SSSR count). The molecular weight excluding hydrogens is 234 g/mol. The van der Waals surface area contributed by atoms with Gasteiger partial charge >= 0.3 is 12.1 Å². The van der Waals surface area contributed by atoms with Gasteiger partial charge in [-0.05, 0) is 19.4 Å². The second kappa shape index (κ2) is 4.33. The molecular formula is C13H15NO4. The second-order valence-corrected chi connectivity index (χ2v) is 4.51. The summed E-state index contributed by atoms with van der Waals surface area (Å²) < 4.78 is 4.84. The van der Waals surface area contributed by atoms with Gasteiger partial charge in [0.05, 0.1) is 6.54 Å². The Bertz CT molecular complexity index is 500. The Morgan fingerprint density at radius 2 is 2.22 bits per heavy atom. The number of carbonyl (C=O) groups excluding carboxylic acids is 1. The first-order valence-corrected chi connectivity index (χ1v) is 5.71. The van der Waals surface area contributed by atoms with E-state index in [0.717, 1.165) is 5.56 Å². The molecule has 5 heteroatoms. The van der Waals surface area contributed by atoms with Crippen molar-refractivity contribution >= 4 is 12.1 Å². The molecule has 1 N–H and O–H groups in total. The van der Waals surface area contributed by atoms with E-state index in [4.69, 9.17) is 4.74 Å². The van der Waals surface area contributed by atoms with E-state index in [1.165, 1.54) is 11.8 Å². The third kappa shape index (κ3) is 1.81. The molecule has 18 heavy (non-hydrogen) atoms. The molecule has 0 aliphatic carbocycles. The minimum absolute atomic E-state index is 0.230. The fourth-order valence-electron chi connectivity index (χ4n) is 2.14. The number of aryl methyl sites for hydroxylation is 1. The van der Waals surface area contributed by atoms with Crippen molar-refractivity contribution in [1.29, 1.82) is 0 Å². The van der Waals surface area contributed by atoms with E-state index in [2.05, 4.69) is 0 Å². The van der Waals surface area contributed by atoms with E-state index in [1.807, 2.05) is 13.0 Å². The van der Waals surface area contributed by atoms with Crippen LogP contribution < -0.4 is 0 Å². The van der Waals surface area contributed by atoms with Crippen molar-refractivity contribution in [3.63, 3.8) is 0 Å². The van der Waals surface area contributed by atoms with Crippen LogP contribution >= 0.6 is 0 Å². The van der Waals surface area contributed by atoms with Gasteiger partial charge in [0.25, 0.3) is 0 Å². The smallest absolute Gasteiger partial charge is 0.411 e. The van der Waals surface area contributed by atoms with Crippen molar-refractivity contribution in [3.8, 4) is 0 Å². The highest BCUT2D eigenvalue weighted by Gasteiger charge is 2.47. The van der Waals surface area contributed by atoms with Gasteiger partial charge in [0, 0.05) is 0 Å². The predicted octanol–water partition coefficient (Wildman–Crippen LogP) is 1.75. The number of hydrogen-bond acceptors (Lipinski definition) is 3. The minimum Gasteiger partial charge on any atom is -0.479 e. The largest absolute Gasteiger partial charge is 0.479 e. The van der Waals surface area contributed by atoms with Gasteiger partial charge in [0.15, 0.2) is 5.54 Å². The first-order valence-electron chi connectivity index (χ1n) is 5.71. The first kappa shape index (κ1) is 12.4. The molecule has 5 nitrogen and oxygen atoms in total. The number of ether oxygens (including phenoxy) is 1. The van der Waals surface area contributed by atoms with Crippen LogP contribution in [0.15, 0.2) is 24.3 Å². The average molecular weight is 249 g/mol. The van der Waals surface area contributed by atoms with Crippen LogP contribution in [-0.2, 0) is 15.1 Å². The van der Waals surface area contributed by atoms with Crippen LogP contribution in [0.5, 0.6) is 0 Å². The van der Waals surface area contributed by atoms with Crippen molar-refractivity contribution in [3.05, 3.63) is 35.4 Å². The lowest BCUT2D eigenvalue weighted by molar-refractivity contribution is -0.149. The molecule has 0 aromatic heterocycles. The topological polar surface area (TPSA) is 66.8 Å². The molecule has 0 bridgehead atoms. The predicted molar refractivity (Wildman–Crippen MR) is 64.2 cm³/mol. The van der Waals surface area contributed by atoms with Gasteiger partial charge in [-0.2, -0.15) is 0 Å². The van der Waals surface area contributed by atoms with Crippen LogP contribution in [0, 0.1) is 6.92 Å². The number of aliphatic carboxylic acids is 1. The quantitative estimate of drug-likeness (QED) is 0.886. The molecule has 1 aliphatic heterocycles. The Morgan fingerprint density at radius 1 is 1.50 bits per heavy atom. The van der Waals surface area contributed by atoms with E-state index in [1.54, 1.807) is 18.2 Å². The fraction of sp³-hybridized carbons (Fsp3) is 0.385. The maximum absolute atomic E-state index is 11.6. The first-order chi connectivity index (χ1) is 8.46. The van der Waals surface area contributed by atoms with Crippen molar-refractivity contribution in [2.45, 2.75) is 19.4 Å². The van der Waals surface area contributed by atoms with Crippen LogP contribution in [0.1, 0.15) is 18.1 Å². The number of carboxylic acids is 1. The molecule has 1 amide bonds. The summed E-state index contributed by atoms with van der Waals surface area (Å²) in [7, 11) is 0. The van der Waals surface area contributed by atoms with E-state index in [0.29, 0.717) is 5.56 Å². The van der Waals surface area contributed by atoms with Gasteiger partial charge in [-0.15, -0.1) is 0 Å². The SMILES string of the molecule is Cc1cccc(C(C)(C(=O)O)N2CCOC2=O)c1. The number of amides is 1. The number of cyclic esters (lactones) is 1. The molecule has 1 aliphatic rings. The zero-order valence-corrected chi connectivity index (χ0v) is 10.3. The van der Waals surface area contributed by atoms with Gasteiger partial charge in [-0.25, -0.2) is 9.59 Å². The van der Waals surface area contributed by atoms with Crippen LogP contribution in [0.25, 0.3) is 0 Å². The van der Waals surface area contributed by atoms with Crippen molar-refractivity contribution in [2.75, 3.05) is 13.2 Å². The van der Waals surface area contributed by atoms with E-state index < -0.39 is 17.6 Å². The third-order valence-corrected chi connectivity index (χ3v) is 3.30. The van der Waals surface area contributed by atoms with Gasteiger partial charge in [-0.3, -0.25) is 4.90 Å². The zero-order valence-electron chi connectivity index (χ0n) is 10.3. The highest BCUT2D eigenvalue weighted by Crippen LogP contribution is 2.31. The molecule has 96 valence electrons. The van der Waals surface area contributed by atoms with Gasteiger partial charge in [0.1, 0.15) is 6.61 Å². The Hall–Kier alpha value is -2.04. The average Bonchev–Trinajstić information content (AvgIpc) is 2.74. The highest BCUT2D eigenvalue weighted by molar-refractivity contribution is 5.86. The van der Waals surface area contributed by atoms with Crippen LogP contribution in [0.3, 0.4) is 0 Å². The number of rotatable bonds is 3. The Balaban J connectivity index is 2.50. The number of carboxylic acid groups (broad SMARTS) is 1. The number of benzene rings is 1. The molecule has 0 radical (unpaired) electrons. The molecule has 0 spiro atoms. The monoisotopic (exact) mass is 249 g/mol. The lowest BCUT2D eigenvalue weighted by Crippen LogP contribution is -2.50. The van der Waals surface area contributed by atoms with Crippen molar-refractivity contribution in [1.82, 2.24) is 4.90 Å². The molecule has 0 saturated carbocycles. The summed E-state index contributed by atoms with van der Waals surface area (Å²) in [5.41, 5.74) is 0.140. The number of carbonyl (C=O) groups is 2.